The number of hydrogen-bond donors (Lipinski definition) is 3. The Labute approximate surface area is 170 Å². The number of carbonyl (C=O) groups is 3. The quantitative estimate of drug-likeness (QED) is 0.664. The number of amides is 4. The maximum atomic E-state index is 12.7. The van der Waals surface area contributed by atoms with E-state index in [-0.39, 0.29) is 17.7 Å². The van der Waals surface area contributed by atoms with E-state index in [9.17, 15) is 14.4 Å². The number of nitrogens with one attached hydrogen (secondary N) is 3. The Morgan fingerprint density at radius 3 is 2.54 bits per heavy atom. The number of rotatable bonds is 3. The van der Waals surface area contributed by atoms with Gasteiger partial charge in [0.25, 0.3) is 5.91 Å². The molecular weight excluding hydrogens is 400 g/mol. The predicted octanol–water partition coefficient (Wildman–Crippen LogP) is 3.48. The topological polar surface area (TPSA) is 100 Å². The van der Waals surface area contributed by atoms with Gasteiger partial charge in [0, 0.05) is 21.4 Å². The lowest BCUT2D eigenvalue weighted by atomic mass is 9.76. The summed E-state index contributed by atoms with van der Waals surface area (Å²) in [6, 6.07) is 6.96. The van der Waals surface area contributed by atoms with Gasteiger partial charge in [-0.05, 0) is 44.7 Å². The maximum absolute atomic E-state index is 12.7. The van der Waals surface area contributed by atoms with E-state index >= 15 is 0 Å². The fraction of sp³-hybridized carbons (Fsp3) is 0.368. The van der Waals surface area contributed by atoms with E-state index in [2.05, 4.69) is 20.9 Å². The summed E-state index contributed by atoms with van der Waals surface area (Å²) in [6.07, 6.45) is 1.98. The second-order valence-electron chi connectivity index (χ2n) is 7.18. The van der Waals surface area contributed by atoms with Crippen molar-refractivity contribution in [3.63, 3.8) is 0 Å². The molecule has 0 unspecified atom stereocenters. The van der Waals surface area contributed by atoms with E-state index in [1.165, 1.54) is 11.3 Å². The van der Waals surface area contributed by atoms with Crippen LogP contribution in [0.1, 0.15) is 30.6 Å². The highest BCUT2D eigenvalue weighted by Crippen LogP contribution is 2.36. The van der Waals surface area contributed by atoms with Gasteiger partial charge in [0.05, 0.1) is 5.69 Å². The number of imide groups is 1. The third-order valence-corrected chi connectivity index (χ3v) is 6.51. The van der Waals surface area contributed by atoms with Crippen molar-refractivity contribution in [1.82, 2.24) is 15.6 Å². The highest BCUT2D eigenvalue weighted by atomic mass is 35.5. The molecule has 2 aliphatic rings. The van der Waals surface area contributed by atoms with Crippen LogP contribution in [0, 0.1) is 12.8 Å². The van der Waals surface area contributed by atoms with E-state index in [1.807, 2.05) is 31.2 Å². The van der Waals surface area contributed by atoms with E-state index in [1.54, 1.807) is 0 Å². The average Bonchev–Trinajstić information content (AvgIpc) is 3.15. The minimum atomic E-state index is -0.854. The molecule has 7 nitrogen and oxygen atoms in total. The first-order chi connectivity index (χ1) is 13.4. The second kappa shape index (κ2) is 7.18. The van der Waals surface area contributed by atoms with Crippen molar-refractivity contribution in [2.75, 3.05) is 5.32 Å². The Kier molecular flexibility index (Phi) is 4.84. The van der Waals surface area contributed by atoms with Crippen LogP contribution in [0.15, 0.2) is 24.3 Å². The van der Waals surface area contributed by atoms with Crippen LogP contribution in [0.3, 0.4) is 0 Å². The molecule has 0 atom stereocenters. The molecule has 0 bridgehead atoms. The lowest BCUT2D eigenvalue weighted by Crippen LogP contribution is -2.50. The highest BCUT2D eigenvalue weighted by Gasteiger charge is 2.48. The van der Waals surface area contributed by atoms with Gasteiger partial charge in [0.2, 0.25) is 5.91 Å². The number of aryl methyl sites for hydroxylation is 1. The molecule has 1 aromatic carbocycles. The number of urea groups is 1. The van der Waals surface area contributed by atoms with Crippen LogP contribution < -0.4 is 16.0 Å². The third-order valence-electron chi connectivity index (χ3n) is 5.37. The van der Waals surface area contributed by atoms with Crippen molar-refractivity contribution in [3.8, 4) is 11.3 Å². The molecule has 2 aromatic rings. The standard InChI is InChI=1S/C19H19ClN4O3S/c1-10-14(11-2-4-13(20)5-3-11)21-18(28-10)22-15(25)12-6-8-19(9-7-12)16(26)23-17(27)24-19/h2-5,12H,6-9H2,1H3,(H,21,22,25)(H2,23,24,26,27). The van der Waals surface area contributed by atoms with Gasteiger partial charge in [-0.1, -0.05) is 23.7 Å². The summed E-state index contributed by atoms with van der Waals surface area (Å²) in [5.74, 6) is -0.602. The normalized spacial score (nSPS) is 24.1. The molecule has 28 heavy (non-hydrogen) atoms. The van der Waals surface area contributed by atoms with Crippen molar-refractivity contribution in [1.29, 1.82) is 0 Å². The monoisotopic (exact) mass is 418 g/mol. The van der Waals surface area contributed by atoms with Gasteiger partial charge in [-0.15, -0.1) is 11.3 Å². The van der Waals surface area contributed by atoms with E-state index < -0.39 is 11.6 Å². The summed E-state index contributed by atoms with van der Waals surface area (Å²) < 4.78 is 0. The van der Waals surface area contributed by atoms with Gasteiger partial charge in [-0.2, -0.15) is 0 Å². The first kappa shape index (κ1) is 18.9. The van der Waals surface area contributed by atoms with Crippen LogP contribution in [0.4, 0.5) is 9.93 Å². The SMILES string of the molecule is Cc1sc(NC(=O)C2CCC3(CC2)NC(=O)NC3=O)nc1-c1ccc(Cl)cc1. The van der Waals surface area contributed by atoms with E-state index in [4.69, 9.17) is 11.6 Å². The molecule has 4 amide bonds. The Morgan fingerprint density at radius 1 is 1.25 bits per heavy atom. The van der Waals surface area contributed by atoms with Crippen LogP contribution in [0.5, 0.6) is 0 Å². The van der Waals surface area contributed by atoms with Crippen molar-refractivity contribution < 1.29 is 14.4 Å². The van der Waals surface area contributed by atoms with E-state index in [0.29, 0.717) is 35.8 Å². The number of anilines is 1. The number of halogens is 1. The van der Waals surface area contributed by atoms with Gasteiger partial charge in [0.15, 0.2) is 5.13 Å². The molecular formula is C19H19ClN4O3S. The first-order valence-corrected chi connectivity index (χ1v) is 10.2. The Balaban J connectivity index is 1.41. The zero-order valence-electron chi connectivity index (χ0n) is 15.2. The largest absolute Gasteiger partial charge is 0.323 e. The van der Waals surface area contributed by atoms with Crippen LogP contribution in [0.25, 0.3) is 11.3 Å². The Hall–Kier alpha value is -2.45. The molecule has 2 fully saturated rings. The summed E-state index contributed by atoms with van der Waals surface area (Å²) in [7, 11) is 0. The fourth-order valence-electron chi connectivity index (χ4n) is 3.79. The van der Waals surface area contributed by atoms with Crippen LogP contribution in [-0.4, -0.2) is 28.4 Å². The second-order valence-corrected chi connectivity index (χ2v) is 8.82. The molecule has 1 aromatic heterocycles. The minimum absolute atomic E-state index is 0.101. The molecule has 3 N–H and O–H groups in total. The number of nitrogens with zero attached hydrogens (tertiary/aromatic N) is 1. The average molecular weight is 419 g/mol. The molecule has 0 radical (unpaired) electrons. The summed E-state index contributed by atoms with van der Waals surface area (Å²) in [5.41, 5.74) is 0.916. The van der Waals surface area contributed by atoms with Crippen molar-refractivity contribution in [3.05, 3.63) is 34.2 Å². The first-order valence-electron chi connectivity index (χ1n) is 9.04. The van der Waals surface area contributed by atoms with E-state index in [0.717, 1.165) is 16.1 Å². The zero-order valence-corrected chi connectivity index (χ0v) is 16.7. The Morgan fingerprint density at radius 2 is 1.93 bits per heavy atom. The third kappa shape index (κ3) is 3.49. The molecule has 1 saturated carbocycles. The molecule has 1 aliphatic carbocycles. The molecule has 1 saturated heterocycles. The van der Waals surface area contributed by atoms with Gasteiger partial charge < -0.3 is 10.6 Å². The molecule has 1 aliphatic heterocycles. The summed E-state index contributed by atoms with van der Waals surface area (Å²) >= 11 is 7.37. The minimum Gasteiger partial charge on any atom is -0.323 e. The van der Waals surface area contributed by atoms with Gasteiger partial charge in [-0.3, -0.25) is 14.9 Å². The van der Waals surface area contributed by atoms with Gasteiger partial charge in [0.1, 0.15) is 5.54 Å². The smallest absolute Gasteiger partial charge is 0.322 e. The lowest BCUT2D eigenvalue weighted by molar-refractivity contribution is -0.128. The molecule has 146 valence electrons. The summed E-state index contributed by atoms with van der Waals surface area (Å²) in [6.45, 7) is 1.96. The van der Waals surface area contributed by atoms with Crippen LogP contribution in [-0.2, 0) is 9.59 Å². The lowest BCUT2D eigenvalue weighted by Gasteiger charge is -2.33. The number of aromatic nitrogens is 1. The Bertz CT molecular complexity index is 949. The molecule has 9 heteroatoms. The molecule has 4 rings (SSSR count). The maximum Gasteiger partial charge on any atom is 0.322 e. The molecule has 2 heterocycles. The number of benzene rings is 1. The van der Waals surface area contributed by atoms with Crippen molar-refractivity contribution >= 4 is 45.9 Å². The predicted molar refractivity (Wildman–Crippen MR) is 107 cm³/mol. The van der Waals surface area contributed by atoms with Gasteiger partial charge >= 0.3 is 6.03 Å². The van der Waals surface area contributed by atoms with Gasteiger partial charge in [-0.25, -0.2) is 9.78 Å². The number of thiazole rings is 1. The van der Waals surface area contributed by atoms with Crippen molar-refractivity contribution in [2.45, 2.75) is 38.1 Å². The summed E-state index contributed by atoms with van der Waals surface area (Å²) in [4.78, 5) is 41.7. The number of hydrogen-bond acceptors (Lipinski definition) is 5. The number of carbonyl (C=O) groups excluding carboxylic acids is 3. The van der Waals surface area contributed by atoms with Crippen LogP contribution in [0.2, 0.25) is 5.02 Å². The molecule has 1 spiro atoms. The van der Waals surface area contributed by atoms with Crippen molar-refractivity contribution in [2.24, 2.45) is 5.92 Å². The highest BCUT2D eigenvalue weighted by molar-refractivity contribution is 7.16. The summed E-state index contributed by atoms with van der Waals surface area (Å²) in [5, 5.41) is 9.12. The zero-order chi connectivity index (χ0) is 19.9. The fourth-order valence-corrected chi connectivity index (χ4v) is 4.75. The van der Waals surface area contributed by atoms with Crippen LogP contribution >= 0.6 is 22.9 Å².